The van der Waals surface area contributed by atoms with E-state index in [-0.39, 0.29) is 11.5 Å². The first-order valence-electron chi connectivity index (χ1n) is 5.30. The zero-order valence-corrected chi connectivity index (χ0v) is 9.64. The summed E-state index contributed by atoms with van der Waals surface area (Å²) in [7, 11) is 0. The van der Waals surface area contributed by atoms with Crippen LogP contribution in [0, 0.1) is 12.7 Å². The number of aromatic carboxylic acids is 1. The van der Waals surface area contributed by atoms with Gasteiger partial charge in [-0.25, -0.2) is 14.2 Å². The second kappa shape index (κ2) is 4.83. The Hall–Kier alpha value is -2.43. The first kappa shape index (κ1) is 12.0. The summed E-state index contributed by atoms with van der Waals surface area (Å²) in [6, 6.07) is 8.99. The van der Waals surface area contributed by atoms with Crippen LogP contribution in [0.5, 0.6) is 0 Å². The smallest absolute Gasteiger partial charge is 0.356 e. The normalized spacial score (nSPS) is 10.1. The third-order valence-corrected chi connectivity index (χ3v) is 2.36. The van der Waals surface area contributed by atoms with Gasteiger partial charge in [0.2, 0.25) is 0 Å². The highest BCUT2D eigenvalue weighted by atomic mass is 19.1. The SMILES string of the molecule is Cc1ccc(Nc2ccc(F)cc2)c(C(=O)O)n1. The minimum Gasteiger partial charge on any atom is -0.476 e. The highest BCUT2D eigenvalue weighted by Gasteiger charge is 2.12. The lowest BCUT2D eigenvalue weighted by Crippen LogP contribution is -2.06. The molecule has 0 spiro atoms. The molecule has 18 heavy (non-hydrogen) atoms. The van der Waals surface area contributed by atoms with E-state index in [9.17, 15) is 9.18 Å². The number of nitrogens with one attached hydrogen (secondary N) is 1. The predicted octanol–water partition coefficient (Wildman–Crippen LogP) is 2.97. The molecule has 0 aliphatic carbocycles. The van der Waals surface area contributed by atoms with Crippen molar-refractivity contribution >= 4 is 17.3 Å². The van der Waals surface area contributed by atoms with Crippen LogP contribution in [-0.4, -0.2) is 16.1 Å². The van der Waals surface area contributed by atoms with Gasteiger partial charge in [-0.05, 0) is 43.3 Å². The van der Waals surface area contributed by atoms with Crippen LogP contribution in [0.2, 0.25) is 0 Å². The van der Waals surface area contributed by atoms with Crippen LogP contribution in [0.1, 0.15) is 16.2 Å². The third-order valence-electron chi connectivity index (χ3n) is 2.36. The molecule has 0 atom stereocenters. The minimum absolute atomic E-state index is 0.0562. The van der Waals surface area contributed by atoms with Gasteiger partial charge in [-0.15, -0.1) is 0 Å². The van der Waals surface area contributed by atoms with E-state index in [4.69, 9.17) is 5.11 Å². The number of rotatable bonds is 3. The lowest BCUT2D eigenvalue weighted by Gasteiger charge is -2.09. The average Bonchev–Trinajstić information content (AvgIpc) is 2.34. The Balaban J connectivity index is 2.34. The fourth-order valence-electron chi connectivity index (χ4n) is 1.51. The van der Waals surface area contributed by atoms with Gasteiger partial charge in [0.15, 0.2) is 5.69 Å². The molecule has 0 fully saturated rings. The highest BCUT2D eigenvalue weighted by Crippen LogP contribution is 2.20. The van der Waals surface area contributed by atoms with Crippen molar-refractivity contribution in [3.63, 3.8) is 0 Å². The summed E-state index contributed by atoms with van der Waals surface area (Å²) >= 11 is 0. The fraction of sp³-hybridized carbons (Fsp3) is 0.0769. The van der Waals surface area contributed by atoms with Gasteiger partial charge in [0, 0.05) is 11.4 Å². The highest BCUT2D eigenvalue weighted by molar-refractivity contribution is 5.93. The third kappa shape index (κ3) is 2.63. The summed E-state index contributed by atoms with van der Waals surface area (Å²) in [4.78, 5) is 15.0. The van der Waals surface area contributed by atoms with Gasteiger partial charge in [-0.3, -0.25) is 0 Å². The largest absolute Gasteiger partial charge is 0.476 e. The van der Waals surface area contributed by atoms with Crippen molar-refractivity contribution in [2.45, 2.75) is 6.92 Å². The summed E-state index contributed by atoms with van der Waals surface area (Å²) in [5.74, 6) is -1.45. The van der Waals surface area contributed by atoms with E-state index in [2.05, 4.69) is 10.3 Å². The molecule has 5 heteroatoms. The van der Waals surface area contributed by atoms with E-state index in [0.29, 0.717) is 17.1 Å². The van der Waals surface area contributed by atoms with Crippen molar-refractivity contribution in [1.82, 2.24) is 4.98 Å². The van der Waals surface area contributed by atoms with Crippen LogP contribution in [0.25, 0.3) is 0 Å². The molecule has 1 aromatic heterocycles. The van der Waals surface area contributed by atoms with Crippen LogP contribution in [-0.2, 0) is 0 Å². The number of carboxylic acids is 1. The lowest BCUT2D eigenvalue weighted by atomic mass is 10.2. The van der Waals surface area contributed by atoms with Gasteiger partial charge in [0.25, 0.3) is 0 Å². The summed E-state index contributed by atoms with van der Waals surface area (Å²) in [5.41, 5.74) is 1.54. The van der Waals surface area contributed by atoms with Gasteiger partial charge in [0.1, 0.15) is 5.82 Å². The molecule has 0 amide bonds. The number of halogens is 1. The van der Waals surface area contributed by atoms with Gasteiger partial charge in [0.05, 0.1) is 5.69 Å². The number of carboxylic acid groups (broad SMARTS) is 1. The molecular formula is C13H11FN2O2. The molecule has 0 bridgehead atoms. The number of aromatic nitrogens is 1. The molecule has 0 aliphatic heterocycles. The van der Waals surface area contributed by atoms with Crippen molar-refractivity contribution < 1.29 is 14.3 Å². The van der Waals surface area contributed by atoms with Crippen LogP contribution < -0.4 is 5.32 Å². The molecule has 2 N–H and O–H groups in total. The van der Waals surface area contributed by atoms with Crippen molar-refractivity contribution in [3.8, 4) is 0 Å². The Bertz CT molecular complexity index is 582. The Kier molecular flexibility index (Phi) is 3.23. The number of aryl methyl sites for hydroxylation is 1. The average molecular weight is 246 g/mol. The molecular weight excluding hydrogens is 235 g/mol. The Morgan fingerprint density at radius 1 is 1.22 bits per heavy atom. The van der Waals surface area contributed by atoms with Crippen molar-refractivity contribution in [2.24, 2.45) is 0 Å². The monoisotopic (exact) mass is 246 g/mol. The number of carbonyl (C=O) groups is 1. The second-order valence-electron chi connectivity index (χ2n) is 3.79. The summed E-state index contributed by atoms with van der Waals surface area (Å²) in [6.07, 6.45) is 0. The number of anilines is 2. The molecule has 4 nitrogen and oxygen atoms in total. The first-order chi connectivity index (χ1) is 8.56. The maximum atomic E-state index is 12.8. The second-order valence-corrected chi connectivity index (χ2v) is 3.79. The standard InChI is InChI=1S/C13H11FN2O2/c1-8-2-7-11(12(15-8)13(17)18)16-10-5-3-9(14)4-6-10/h2-7,16H,1H3,(H,17,18). The fourth-order valence-corrected chi connectivity index (χ4v) is 1.51. The minimum atomic E-state index is -1.11. The quantitative estimate of drug-likeness (QED) is 0.874. The molecule has 0 saturated heterocycles. The topological polar surface area (TPSA) is 62.2 Å². The molecule has 0 radical (unpaired) electrons. The van der Waals surface area contributed by atoms with E-state index in [1.807, 2.05) is 0 Å². The van der Waals surface area contributed by atoms with Crippen LogP contribution in [0.3, 0.4) is 0 Å². The number of nitrogens with zero attached hydrogens (tertiary/aromatic N) is 1. The van der Waals surface area contributed by atoms with Gasteiger partial charge in [-0.2, -0.15) is 0 Å². The molecule has 1 aromatic carbocycles. The van der Waals surface area contributed by atoms with E-state index < -0.39 is 5.97 Å². The molecule has 0 saturated carbocycles. The van der Waals surface area contributed by atoms with Crippen LogP contribution in [0.4, 0.5) is 15.8 Å². The molecule has 1 heterocycles. The molecule has 0 aliphatic rings. The Labute approximate surface area is 103 Å². The molecule has 2 rings (SSSR count). The number of hydrogen-bond donors (Lipinski definition) is 2. The summed E-state index contributed by atoms with van der Waals surface area (Å²) in [6.45, 7) is 1.72. The maximum Gasteiger partial charge on any atom is 0.356 e. The van der Waals surface area contributed by atoms with Crippen LogP contribution >= 0.6 is 0 Å². The zero-order chi connectivity index (χ0) is 13.1. The molecule has 92 valence electrons. The summed E-state index contributed by atoms with van der Waals surface area (Å²) in [5, 5.41) is 11.9. The van der Waals surface area contributed by atoms with Gasteiger partial charge in [-0.1, -0.05) is 0 Å². The van der Waals surface area contributed by atoms with Crippen molar-refractivity contribution in [1.29, 1.82) is 0 Å². The van der Waals surface area contributed by atoms with E-state index >= 15 is 0 Å². The van der Waals surface area contributed by atoms with Crippen LogP contribution in [0.15, 0.2) is 36.4 Å². The van der Waals surface area contributed by atoms with Gasteiger partial charge < -0.3 is 10.4 Å². The van der Waals surface area contributed by atoms with E-state index in [1.54, 1.807) is 19.1 Å². The lowest BCUT2D eigenvalue weighted by molar-refractivity contribution is 0.0691. The van der Waals surface area contributed by atoms with Gasteiger partial charge >= 0.3 is 5.97 Å². The number of benzene rings is 1. The predicted molar refractivity (Wildman–Crippen MR) is 65.6 cm³/mol. The molecule has 0 unspecified atom stereocenters. The maximum absolute atomic E-state index is 12.8. The number of hydrogen-bond acceptors (Lipinski definition) is 3. The summed E-state index contributed by atoms with van der Waals surface area (Å²) < 4.78 is 12.8. The Morgan fingerprint density at radius 3 is 2.50 bits per heavy atom. The van der Waals surface area contributed by atoms with E-state index in [1.165, 1.54) is 24.3 Å². The number of pyridine rings is 1. The van der Waals surface area contributed by atoms with Crippen molar-refractivity contribution in [2.75, 3.05) is 5.32 Å². The first-order valence-corrected chi connectivity index (χ1v) is 5.30. The Morgan fingerprint density at radius 2 is 1.89 bits per heavy atom. The van der Waals surface area contributed by atoms with Crippen molar-refractivity contribution in [3.05, 3.63) is 53.6 Å². The molecule has 2 aromatic rings. The zero-order valence-electron chi connectivity index (χ0n) is 9.64. The van der Waals surface area contributed by atoms with E-state index in [0.717, 1.165) is 0 Å².